The first-order chi connectivity index (χ1) is 28.6. The Morgan fingerprint density at radius 3 is 2.47 bits per heavy atom. The number of piperidine rings is 2. The summed E-state index contributed by atoms with van der Waals surface area (Å²) in [5.41, 5.74) is 3.68. The molecule has 0 radical (unpaired) electrons. The number of nitrogens with one attached hydrogen (secondary N) is 2. The summed E-state index contributed by atoms with van der Waals surface area (Å²) in [5, 5.41) is 16.0. The van der Waals surface area contributed by atoms with Gasteiger partial charge in [-0.1, -0.05) is 0 Å². The number of pyridine rings is 2. The van der Waals surface area contributed by atoms with E-state index in [2.05, 4.69) is 43.3 Å². The van der Waals surface area contributed by atoms with Crippen LogP contribution in [0.2, 0.25) is 0 Å². The van der Waals surface area contributed by atoms with E-state index in [4.69, 9.17) is 9.72 Å². The minimum absolute atomic E-state index is 0.0882. The average molecular weight is 794 g/mol. The normalized spacial score (nSPS) is 25.5. The fourth-order valence-electron chi connectivity index (χ4n) is 10.0. The SMILES string of the molecule is CC12c3ccnc4c(C#N)ccc(c34)O[C@@H]1C[C@@H]2NC(=O)c1ccc(N2CCC(CN3CCN(c4ccc5c(c4)C(=O)N(C4CCC(=O)NC4=O)C5=O)CC3)CC2)nc1. The third kappa shape index (κ3) is 6.07. The lowest BCUT2D eigenvalue weighted by atomic mass is 9.57. The van der Waals surface area contributed by atoms with Gasteiger partial charge in [0.1, 0.15) is 29.8 Å². The van der Waals surface area contributed by atoms with Gasteiger partial charge in [-0.15, -0.1) is 0 Å². The van der Waals surface area contributed by atoms with Gasteiger partial charge in [0.15, 0.2) is 0 Å². The van der Waals surface area contributed by atoms with Crippen molar-refractivity contribution < 1.29 is 28.7 Å². The fraction of sp³-hybridized carbons (Fsp3) is 0.409. The minimum atomic E-state index is -0.978. The van der Waals surface area contributed by atoms with E-state index < -0.39 is 35.1 Å². The number of imide groups is 2. The van der Waals surface area contributed by atoms with Crippen LogP contribution in [-0.2, 0) is 15.0 Å². The van der Waals surface area contributed by atoms with Crippen LogP contribution in [0.3, 0.4) is 0 Å². The molecule has 4 aromatic rings. The summed E-state index contributed by atoms with van der Waals surface area (Å²) in [6.07, 6.45) is 6.28. The predicted octanol–water partition coefficient (Wildman–Crippen LogP) is 3.16. The van der Waals surface area contributed by atoms with E-state index >= 15 is 0 Å². The number of aromatic nitrogens is 2. The molecule has 59 heavy (non-hydrogen) atoms. The molecule has 1 saturated carbocycles. The van der Waals surface area contributed by atoms with Crippen molar-refractivity contribution in [1.82, 2.24) is 30.4 Å². The molecule has 300 valence electrons. The van der Waals surface area contributed by atoms with Crippen molar-refractivity contribution in [1.29, 1.82) is 5.26 Å². The van der Waals surface area contributed by atoms with Crippen LogP contribution < -0.4 is 25.2 Å². The van der Waals surface area contributed by atoms with Crippen LogP contribution in [0.1, 0.15) is 81.2 Å². The number of ether oxygens (including phenoxy) is 1. The zero-order chi connectivity index (χ0) is 40.6. The molecule has 3 saturated heterocycles. The number of carbonyl (C=O) groups excluding carboxylic acids is 5. The number of amides is 5. The lowest BCUT2D eigenvalue weighted by Crippen LogP contribution is -2.68. The average Bonchev–Trinajstić information content (AvgIpc) is 3.50. The Balaban J connectivity index is 0.703. The molecule has 5 amide bonds. The molecule has 2 N–H and O–H groups in total. The highest BCUT2D eigenvalue weighted by molar-refractivity contribution is 6.23. The summed E-state index contributed by atoms with van der Waals surface area (Å²) >= 11 is 0. The lowest BCUT2D eigenvalue weighted by Gasteiger charge is -2.56. The van der Waals surface area contributed by atoms with Crippen molar-refractivity contribution in [3.05, 3.63) is 88.7 Å². The molecular weight excluding hydrogens is 751 g/mol. The van der Waals surface area contributed by atoms with E-state index in [1.54, 1.807) is 30.6 Å². The monoisotopic (exact) mass is 793 g/mol. The molecule has 1 aliphatic carbocycles. The van der Waals surface area contributed by atoms with Gasteiger partial charge in [-0.3, -0.25) is 44.1 Å². The second-order valence-electron chi connectivity index (χ2n) is 16.8. The quantitative estimate of drug-likeness (QED) is 0.262. The number of rotatable bonds is 7. The molecule has 6 aliphatic rings. The summed E-state index contributed by atoms with van der Waals surface area (Å²) < 4.78 is 6.36. The van der Waals surface area contributed by atoms with E-state index in [0.717, 1.165) is 91.8 Å². The highest BCUT2D eigenvalue weighted by atomic mass is 16.5. The molecular formula is C44H43N9O6. The number of anilines is 2. The number of fused-ring (bicyclic) bond motifs is 3. The van der Waals surface area contributed by atoms with Gasteiger partial charge in [0.25, 0.3) is 17.7 Å². The Morgan fingerprint density at radius 2 is 1.73 bits per heavy atom. The molecule has 15 heteroatoms. The van der Waals surface area contributed by atoms with Crippen molar-refractivity contribution in [2.24, 2.45) is 5.92 Å². The van der Waals surface area contributed by atoms with Gasteiger partial charge in [0.05, 0.1) is 33.2 Å². The van der Waals surface area contributed by atoms with Gasteiger partial charge >= 0.3 is 0 Å². The number of nitrogens with zero attached hydrogens (tertiary/aromatic N) is 7. The summed E-state index contributed by atoms with van der Waals surface area (Å²) in [7, 11) is 0. The third-order valence-corrected chi connectivity index (χ3v) is 13.6. The summed E-state index contributed by atoms with van der Waals surface area (Å²) in [6, 6.07) is 15.8. The summed E-state index contributed by atoms with van der Waals surface area (Å²) in [4.78, 5) is 81.3. The van der Waals surface area contributed by atoms with Crippen molar-refractivity contribution in [3.8, 4) is 11.8 Å². The maximum absolute atomic E-state index is 13.5. The zero-order valence-corrected chi connectivity index (χ0v) is 32.6. The number of hydrogen-bond acceptors (Lipinski definition) is 12. The second kappa shape index (κ2) is 14.2. The Morgan fingerprint density at radius 1 is 0.932 bits per heavy atom. The first kappa shape index (κ1) is 36.9. The molecule has 15 nitrogen and oxygen atoms in total. The molecule has 4 atom stereocenters. The zero-order valence-electron chi connectivity index (χ0n) is 32.6. The molecule has 4 fully saturated rings. The number of carbonyl (C=O) groups is 5. The van der Waals surface area contributed by atoms with Gasteiger partial charge in [0.2, 0.25) is 11.8 Å². The maximum Gasteiger partial charge on any atom is 0.262 e. The van der Waals surface area contributed by atoms with Crippen molar-refractivity contribution in [3.63, 3.8) is 0 Å². The second-order valence-corrected chi connectivity index (χ2v) is 16.8. The topological polar surface area (TPSA) is 181 Å². The first-order valence-corrected chi connectivity index (χ1v) is 20.4. The van der Waals surface area contributed by atoms with Crippen molar-refractivity contribution >= 4 is 51.9 Å². The number of piperazine rings is 1. The van der Waals surface area contributed by atoms with E-state index in [9.17, 15) is 29.2 Å². The maximum atomic E-state index is 13.5. The smallest absolute Gasteiger partial charge is 0.262 e. The van der Waals surface area contributed by atoms with E-state index in [-0.39, 0.29) is 36.5 Å². The van der Waals surface area contributed by atoms with E-state index in [1.165, 1.54) is 0 Å². The number of benzene rings is 2. The highest BCUT2D eigenvalue weighted by Crippen LogP contribution is 2.53. The van der Waals surface area contributed by atoms with Crippen LogP contribution in [0.15, 0.2) is 60.9 Å². The van der Waals surface area contributed by atoms with Gasteiger partial charge < -0.3 is 19.9 Å². The number of nitriles is 1. The van der Waals surface area contributed by atoms with Crippen LogP contribution in [0.4, 0.5) is 11.5 Å². The Hall–Kier alpha value is -6.40. The van der Waals surface area contributed by atoms with E-state index in [0.29, 0.717) is 34.5 Å². The molecule has 0 bridgehead atoms. The molecule has 7 heterocycles. The number of hydrogen-bond donors (Lipinski definition) is 2. The molecule has 2 unspecified atom stereocenters. The van der Waals surface area contributed by atoms with Crippen LogP contribution in [0, 0.1) is 17.2 Å². The lowest BCUT2D eigenvalue weighted by molar-refractivity contribution is -0.136. The summed E-state index contributed by atoms with van der Waals surface area (Å²) in [6.45, 7) is 8.24. The Kier molecular flexibility index (Phi) is 8.86. The third-order valence-electron chi connectivity index (χ3n) is 13.6. The standard InChI is InChI=1S/C44H43N9O6/c1-44-31-10-13-46-39-26(22-45)2-7-33(38(31)39)59-35(44)21-34(44)48-40(55)27-3-8-36(47-23-27)52-14-11-25(12-15-52)24-50-16-18-51(19-17-50)28-4-5-29-30(20-28)43(58)53(42(29)57)32-6-9-37(54)49-41(32)56/h2-5,7-8,10,13,20,23,25,32,34-35H,6,9,11-12,14-19,21,24H2,1H3,(H,48,55)(H,49,54,56)/t32?,34-,35+,44?/m0/s1. The van der Waals surface area contributed by atoms with Gasteiger partial charge in [-0.2, -0.15) is 5.26 Å². The summed E-state index contributed by atoms with van der Waals surface area (Å²) in [5.74, 6) is -0.0128. The Labute approximate surface area is 340 Å². The molecule has 5 aliphatic heterocycles. The fourth-order valence-corrected chi connectivity index (χ4v) is 10.0. The molecule has 0 spiro atoms. The first-order valence-electron chi connectivity index (χ1n) is 20.4. The Bertz CT molecular complexity index is 2490. The predicted molar refractivity (Wildman–Crippen MR) is 215 cm³/mol. The van der Waals surface area contributed by atoms with Crippen LogP contribution in [0.5, 0.6) is 5.75 Å². The molecule has 2 aromatic carbocycles. The molecule has 2 aromatic heterocycles. The largest absolute Gasteiger partial charge is 0.489 e. The molecule has 10 rings (SSSR count). The van der Waals surface area contributed by atoms with E-state index in [1.807, 2.05) is 30.3 Å². The van der Waals surface area contributed by atoms with Crippen LogP contribution >= 0.6 is 0 Å². The highest BCUT2D eigenvalue weighted by Gasteiger charge is 2.58. The minimum Gasteiger partial charge on any atom is -0.489 e. The van der Waals surface area contributed by atoms with Gasteiger partial charge in [-0.25, -0.2) is 4.98 Å². The van der Waals surface area contributed by atoms with Crippen LogP contribution in [0.25, 0.3) is 10.9 Å². The van der Waals surface area contributed by atoms with Gasteiger partial charge in [0, 0.05) is 88.2 Å². The van der Waals surface area contributed by atoms with Crippen molar-refractivity contribution in [2.75, 3.05) is 55.6 Å². The van der Waals surface area contributed by atoms with Crippen LogP contribution in [-0.4, -0.2) is 113 Å². The van der Waals surface area contributed by atoms with Gasteiger partial charge in [-0.05, 0) is 86.2 Å². The van der Waals surface area contributed by atoms with Crippen molar-refractivity contribution in [2.45, 2.75) is 62.6 Å².